The van der Waals surface area contributed by atoms with Gasteiger partial charge in [0, 0.05) is 15.4 Å². The van der Waals surface area contributed by atoms with Crippen LogP contribution in [-0.4, -0.2) is 22.7 Å². The fourth-order valence-corrected chi connectivity index (χ4v) is 3.29. The number of fused-ring (bicyclic) bond motifs is 1. The fourth-order valence-electron chi connectivity index (χ4n) is 2.93. The Bertz CT molecular complexity index is 952. The second-order valence-corrected chi connectivity index (χ2v) is 7.07. The lowest BCUT2D eigenvalue weighted by atomic mass is 9.98. The number of ether oxygens (including phenoxy) is 1. The summed E-state index contributed by atoms with van der Waals surface area (Å²) < 4.78 is 6.52. The molecule has 5 heteroatoms. The monoisotopic (exact) mass is 413 g/mol. The molecule has 0 aliphatic heterocycles. The summed E-state index contributed by atoms with van der Waals surface area (Å²) in [6, 6.07) is 13.1. The molecule has 26 heavy (non-hydrogen) atoms. The van der Waals surface area contributed by atoms with Gasteiger partial charge in [0.1, 0.15) is 5.75 Å². The van der Waals surface area contributed by atoms with Crippen LogP contribution >= 0.6 is 15.9 Å². The molecule has 0 saturated heterocycles. The highest BCUT2D eigenvalue weighted by atomic mass is 79.9. The number of hydrogen-bond acceptors (Lipinski definition) is 3. The highest BCUT2D eigenvalue weighted by molar-refractivity contribution is 9.10. The zero-order valence-electron chi connectivity index (χ0n) is 14.8. The van der Waals surface area contributed by atoms with Crippen molar-refractivity contribution < 1.29 is 14.6 Å². The van der Waals surface area contributed by atoms with Crippen molar-refractivity contribution in [1.82, 2.24) is 4.98 Å². The number of aromatic nitrogens is 1. The summed E-state index contributed by atoms with van der Waals surface area (Å²) in [7, 11) is 0. The Hall–Kier alpha value is -2.40. The second-order valence-electron chi connectivity index (χ2n) is 6.15. The summed E-state index contributed by atoms with van der Waals surface area (Å²) in [6.45, 7) is 4.62. The summed E-state index contributed by atoms with van der Waals surface area (Å²) in [5, 5.41) is 10.4. The average molecular weight is 414 g/mol. The van der Waals surface area contributed by atoms with Gasteiger partial charge in [0.25, 0.3) is 0 Å². The smallest absolute Gasteiger partial charge is 0.336 e. The van der Waals surface area contributed by atoms with Crippen LogP contribution in [-0.2, 0) is 0 Å². The second kappa shape index (κ2) is 7.87. The van der Waals surface area contributed by atoms with Crippen molar-refractivity contribution in [3.63, 3.8) is 0 Å². The molecule has 0 bridgehead atoms. The van der Waals surface area contributed by atoms with Crippen molar-refractivity contribution in [3.05, 3.63) is 58.1 Å². The van der Waals surface area contributed by atoms with E-state index in [9.17, 15) is 9.90 Å². The number of carboxylic acids is 1. The van der Waals surface area contributed by atoms with Gasteiger partial charge in [-0.25, -0.2) is 9.78 Å². The molecule has 1 heterocycles. The Morgan fingerprint density at radius 2 is 1.92 bits per heavy atom. The summed E-state index contributed by atoms with van der Waals surface area (Å²) in [5.41, 5.74) is 3.15. The van der Waals surface area contributed by atoms with Gasteiger partial charge in [0.2, 0.25) is 0 Å². The molecule has 0 aliphatic carbocycles. The lowest BCUT2D eigenvalue weighted by Gasteiger charge is -2.13. The van der Waals surface area contributed by atoms with Crippen molar-refractivity contribution in [3.8, 4) is 17.0 Å². The number of halogens is 1. The number of nitrogens with zero attached hydrogens (tertiary/aromatic N) is 1. The van der Waals surface area contributed by atoms with E-state index < -0.39 is 5.97 Å². The van der Waals surface area contributed by atoms with E-state index in [0.717, 1.165) is 28.6 Å². The third-order valence-corrected chi connectivity index (χ3v) is 4.79. The van der Waals surface area contributed by atoms with Gasteiger partial charge in [-0.2, -0.15) is 0 Å². The molecule has 0 fully saturated rings. The van der Waals surface area contributed by atoms with Gasteiger partial charge in [0.15, 0.2) is 0 Å². The molecule has 0 atom stereocenters. The Morgan fingerprint density at radius 3 is 2.58 bits per heavy atom. The van der Waals surface area contributed by atoms with E-state index in [1.54, 1.807) is 13.0 Å². The normalized spacial score (nSPS) is 10.9. The number of aromatic carboxylic acids is 1. The average Bonchev–Trinajstić information content (AvgIpc) is 2.62. The molecule has 0 spiro atoms. The number of pyridine rings is 1. The van der Waals surface area contributed by atoms with E-state index in [1.165, 1.54) is 0 Å². The van der Waals surface area contributed by atoms with Gasteiger partial charge in [0.05, 0.1) is 23.4 Å². The van der Waals surface area contributed by atoms with Crippen LogP contribution in [0.25, 0.3) is 22.2 Å². The van der Waals surface area contributed by atoms with Gasteiger partial charge in [-0.3, -0.25) is 0 Å². The molecule has 1 N–H and O–H groups in total. The zero-order chi connectivity index (χ0) is 18.7. The van der Waals surface area contributed by atoms with Crippen molar-refractivity contribution in [2.24, 2.45) is 0 Å². The molecule has 4 nitrogen and oxygen atoms in total. The van der Waals surface area contributed by atoms with Crippen LogP contribution in [0.5, 0.6) is 5.75 Å². The Morgan fingerprint density at radius 1 is 1.19 bits per heavy atom. The van der Waals surface area contributed by atoms with Crippen LogP contribution < -0.4 is 4.74 Å². The van der Waals surface area contributed by atoms with Crippen molar-refractivity contribution in [2.75, 3.05) is 6.61 Å². The highest BCUT2D eigenvalue weighted by Crippen LogP contribution is 2.32. The van der Waals surface area contributed by atoms with Crippen molar-refractivity contribution in [2.45, 2.75) is 26.7 Å². The molecular formula is C21H20BrNO3. The van der Waals surface area contributed by atoms with Crippen LogP contribution in [0.15, 0.2) is 46.9 Å². The van der Waals surface area contributed by atoms with E-state index in [-0.39, 0.29) is 5.56 Å². The predicted molar refractivity (Wildman–Crippen MR) is 107 cm³/mol. The molecular weight excluding hydrogens is 394 g/mol. The zero-order valence-corrected chi connectivity index (χ0v) is 16.3. The van der Waals surface area contributed by atoms with Gasteiger partial charge in [-0.05, 0) is 61.4 Å². The third kappa shape index (κ3) is 3.73. The third-order valence-electron chi connectivity index (χ3n) is 4.30. The lowest BCUT2D eigenvalue weighted by molar-refractivity contribution is 0.0698. The van der Waals surface area contributed by atoms with E-state index in [2.05, 4.69) is 22.9 Å². The molecule has 2 aromatic carbocycles. The highest BCUT2D eigenvalue weighted by Gasteiger charge is 2.18. The quantitative estimate of drug-likeness (QED) is 0.514. The molecule has 3 aromatic rings. The lowest BCUT2D eigenvalue weighted by Crippen LogP contribution is -2.05. The number of carboxylic acid groups (broad SMARTS) is 1. The SMILES string of the molecule is CCCCOc1ccc(-c2nc3ccc(Br)cc3c(C(=O)O)c2C)cc1. The maximum Gasteiger partial charge on any atom is 0.336 e. The standard InChI is InChI=1S/C21H20BrNO3/c1-3-4-11-26-16-8-5-14(6-9-16)20-13(2)19(21(24)25)17-12-15(22)7-10-18(17)23-20/h5-10,12H,3-4,11H2,1-2H3,(H,24,25). The van der Waals surface area contributed by atoms with E-state index >= 15 is 0 Å². The maximum atomic E-state index is 11.9. The Kier molecular flexibility index (Phi) is 5.57. The van der Waals surface area contributed by atoms with Gasteiger partial charge < -0.3 is 9.84 Å². The summed E-state index contributed by atoms with van der Waals surface area (Å²) in [6.07, 6.45) is 2.11. The van der Waals surface area contributed by atoms with E-state index in [0.29, 0.717) is 28.8 Å². The predicted octanol–water partition coefficient (Wildman–Crippen LogP) is 5.85. The van der Waals surface area contributed by atoms with Gasteiger partial charge in [-0.1, -0.05) is 29.3 Å². The first-order valence-corrected chi connectivity index (χ1v) is 9.37. The van der Waals surface area contributed by atoms with E-state index in [4.69, 9.17) is 9.72 Å². The van der Waals surface area contributed by atoms with Crippen LogP contribution in [0.2, 0.25) is 0 Å². The molecule has 3 rings (SSSR count). The summed E-state index contributed by atoms with van der Waals surface area (Å²) in [4.78, 5) is 16.6. The minimum atomic E-state index is -0.950. The molecule has 1 aromatic heterocycles. The van der Waals surface area contributed by atoms with Crippen LogP contribution in [0.4, 0.5) is 0 Å². The first kappa shape index (κ1) is 18.4. The minimum absolute atomic E-state index is 0.287. The number of benzene rings is 2. The molecule has 0 amide bonds. The largest absolute Gasteiger partial charge is 0.494 e. The minimum Gasteiger partial charge on any atom is -0.494 e. The molecule has 0 unspecified atom stereocenters. The summed E-state index contributed by atoms with van der Waals surface area (Å²) >= 11 is 3.40. The number of rotatable bonds is 6. The van der Waals surface area contributed by atoms with Crippen molar-refractivity contribution in [1.29, 1.82) is 0 Å². The maximum absolute atomic E-state index is 11.9. The molecule has 134 valence electrons. The van der Waals surface area contributed by atoms with Gasteiger partial charge >= 0.3 is 5.97 Å². The number of hydrogen-bond donors (Lipinski definition) is 1. The first-order chi connectivity index (χ1) is 12.5. The van der Waals surface area contributed by atoms with Crippen molar-refractivity contribution >= 4 is 32.8 Å². The first-order valence-electron chi connectivity index (χ1n) is 8.57. The number of unbranched alkanes of at least 4 members (excludes halogenated alkanes) is 1. The van der Waals surface area contributed by atoms with Gasteiger partial charge in [-0.15, -0.1) is 0 Å². The molecule has 0 saturated carbocycles. The molecule has 0 aliphatic rings. The summed E-state index contributed by atoms with van der Waals surface area (Å²) in [5.74, 6) is -0.142. The van der Waals surface area contributed by atoms with Crippen LogP contribution in [0, 0.1) is 6.92 Å². The Labute approximate surface area is 161 Å². The molecule has 0 radical (unpaired) electrons. The van der Waals surface area contributed by atoms with Crippen LogP contribution in [0.3, 0.4) is 0 Å². The Balaban J connectivity index is 2.06. The topological polar surface area (TPSA) is 59.4 Å². The van der Waals surface area contributed by atoms with Crippen LogP contribution in [0.1, 0.15) is 35.7 Å². The van der Waals surface area contributed by atoms with E-state index in [1.807, 2.05) is 36.4 Å². The number of carbonyl (C=O) groups is 1. The fraction of sp³-hybridized carbons (Fsp3) is 0.238.